The molecule has 0 radical (unpaired) electrons. The Morgan fingerprint density at radius 3 is 2.48 bits per heavy atom. The van der Waals surface area contributed by atoms with Crippen LogP contribution in [0.5, 0.6) is 0 Å². The van der Waals surface area contributed by atoms with Crippen molar-refractivity contribution in [2.24, 2.45) is 0 Å². The zero-order valence-electron chi connectivity index (χ0n) is 13.2. The molecule has 0 aliphatic rings. The molecule has 0 aliphatic carbocycles. The summed E-state index contributed by atoms with van der Waals surface area (Å²) in [5, 5.41) is 6.44. The molecule has 0 bridgehead atoms. The number of carbonyl (C=O) groups is 1. The van der Waals surface area contributed by atoms with E-state index in [-0.39, 0.29) is 18.3 Å². The third-order valence-electron chi connectivity index (χ3n) is 3.54. The number of nitrogens with zero attached hydrogens (tertiary/aromatic N) is 1. The first-order valence-electron chi connectivity index (χ1n) is 7.62. The molecule has 0 unspecified atom stereocenters. The van der Waals surface area contributed by atoms with E-state index in [0.717, 1.165) is 5.69 Å². The number of amides is 1. The van der Waals surface area contributed by atoms with Crippen LogP contribution in [0.25, 0.3) is 0 Å². The van der Waals surface area contributed by atoms with Gasteiger partial charge in [0.2, 0.25) is 0 Å². The molecule has 4 nitrogen and oxygen atoms in total. The molecule has 3 rings (SSSR count). The highest BCUT2D eigenvalue weighted by molar-refractivity contribution is 6.30. The van der Waals surface area contributed by atoms with Gasteiger partial charge in [0.1, 0.15) is 11.6 Å². The van der Waals surface area contributed by atoms with Gasteiger partial charge in [0.15, 0.2) is 0 Å². The smallest absolute Gasteiger partial charge is 0.253 e. The highest BCUT2D eigenvalue weighted by Gasteiger charge is 2.08. The third kappa shape index (κ3) is 4.55. The van der Waals surface area contributed by atoms with Gasteiger partial charge in [0.25, 0.3) is 5.91 Å². The lowest BCUT2D eigenvalue weighted by molar-refractivity contribution is 0.0950. The van der Waals surface area contributed by atoms with E-state index < -0.39 is 0 Å². The van der Waals surface area contributed by atoms with Crippen molar-refractivity contribution in [2.75, 3.05) is 5.32 Å². The normalized spacial score (nSPS) is 10.3. The number of benzene rings is 2. The van der Waals surface area contributed by atoms with E-state index >= 15 is 0 Å². The molecule has 6 heteroatoms. The molecule has 126 valence electrons. The number of aromatic nitrogens is 1. The van der Waals surface area contributed by atoms with Crippen LogP contribution in [0.4, 0.5) is 15.9 Å². The molecule has 1 amide bonds. The fourth-order valence-corrected chi connectivity index (χ4v) is 2.33. The maximum absolute atomic E-state index is 13.5. The van der Waals surface area contributed by atoms with Crippen LogP contribution < -0.4 is 10.6 Å². The van der Waals surface area contributed by atoms with Gasteiger partial charge in [-0.05, 0) is 42.5 Å². The minimum atomic E-state index is -0.344. The Labute approximate surface area is 149 Å². The molecular formula is C19H15ClFN3O. The van der Waals surface area contributed by atoms with Gasteiger partial charge in [-0.2, -0.15) is 0 Å². The summed E-state index contributed by atoms with van der Waals surface area (Å²) in [4.78, 5) is 16.3. The van der Waals surface area contributed by atoms with Gasteiger partial charge < -0.3 is 10.6 Å². The maximum Gasteiger partial charge on any atom is 0.253 e. The van der Waals surface area contributed by atoms with Crippen molar-refractivity contribution in [1.82, 2.24) is 10.3 Å². The summed E-state index contributed by atoms with van der Waals surface area (Å²) in [7, 11) is 0. The fourth-order valence-electron chi connectivity index (χ4n) is 2.20. The van der Waals surface area contributed by atoms with E-state index in [4.69, 9.17) is 11.6 Å². The summed E-state index contributed by atoms with van der Waals surface area (Å²) in [5.74, 6) is -0.0507. The number of pyridine rings is 1. The lowest BCUT2D eigenvalue weighted by Crippen LogP contribution is -2.23. The molecule has 0 spiro atoms. The molecule has 25 heavy (non-hydrogen) atoms. The van der Waals surface area contributed by atoms with Crippen molar-refractivity contribution < 1.29 is 9.18 Å². The Bertz CT molecular complexity index is 867. The Hall–Kier alpha value is -2.92. The number of hydrogen-bond donors (Lipinski definition) is 2. The third-order valence-corrected chi connectivity index (χ3v) is 3.79. The summed E-state index contributed by atoms with van der Waals surface area (Å²) in [6, 6.07) is 16.9. The number of rotatable bonds is 5. The van der Waals surface area contributed by atoms with Gasteiger partial charge in [0, 0.05) is 29.0 Å². The van der Waals surface area contributed by atoms with Crippen molar-refractivity contribution in [1.29, 1.82) is 0 Å². The average Bonchev–Trinajstić information content (AvgIpc) is 2.63. The maximum atomic E-state index is 13.5. The summed E-state index contributed by atoms with van der Waals surface area (Å²) in [6.45, 7) is 0.121. The Morgan fingerprint density at radius 1 is 1.04 bits per heavy atom. The monoisotopic (exact) mass is 355 g/mol. The zero-order valence-corrected chi connectivity index (χ0v) is 13.9. The average molecular weight is 356 g/mol. The van der Waals surface area contributed by atoms with Crippen LogP contribution in [0, 0.1) is 5.82 Å². The highest BCUT2D eigenvalue weighted by atomic mass is 35.5. The minimum Gasteiger partial charge on any atom is -0.348 e. The number of hydrogen-bond acceptors (Lipinski definition) is 3. The number of carbonyl (C=O) groups excluding carboxylic acids is 1. The summed E-state index contributed by atoms with van der Waals surface area (Å²) >= 11 is 5.84. The van der Waals surface area contributed by atoms with Crippen LogP contribution >= 0.6 is 11.6 Å². The van der Waals surface area contributed by atoms with E-state index in [9.17, 15) is 9.18 Å². The van der Waals surface area contributed by atoms with E-state index in [1.807, 2.05) is 12.1 Å². The Morgan fingerprint density at radius 2 is 1.80 bits per heavy atom. The van der Waals surface area contributed by atoms with Crippen molar-refractivity contribution in [3.05, 3.63) is 88.8 Å². The number of halogens is 2. The molecule has 3 aromatic rings. The Kier molecular flexibility index (Phi) is 5.26. The van der Waals surface area contributed by atoms with Crippen LogP contribution in [0.1, 0.15) is 15.9 Å². The van der Waals surface area contributed by atoms with Gasteiger partial charge >= 0.3 is 0 Å². The largest absolute Gasteiger partial charge is 0.348 e. The summed E-state index contributed by atoms with van der Waals surface area (Å²) in [5.41, 5.74) is 1.68. The van der Waals surface area contributed by atoms with Gasteiger partial charge in [-0.25, -0.2) is 9.37 Å². The van der Waals surface area contributed by atoms with Crippen molar-refractivity contribution in [3.63, 3.8) is 0 Å². The number of anilines is 2. The molecule has 1 heterocycles. The highest BCUT2D eigenvalue weighted by Crippen LogP contribution is 2.17. The van der Waals surface area contributed by atoms with Crippen LogP contribution in [0.2, 0.25) is 5.02 Å². The predicted molar refractivity (Wildman–Crippen MR) is 96.5 cm³/mol. The second-order valence-electron chi connectivity index (χ2n) is 5.34. The lowest BCUT2D eigenvalue weighted by atomic mass is 10.2. The minimum absolute atomic E-state index is 0.121. The quantitative estimate of drug-likeness (QED) is 0.706. The van der Waals surface area contributed by atoms with Crippen molar-refractivity contribution in [3.8, 4) is 0 Å². The molecule has 0 saturated heterocycles. The first-order valence-corrected chi connectivity index (χ1v) is 8.00. The van der Waals surface area contributed by atoms with E-state index in [0.29, 0.717) is 22.0 Å². The van der Waals surface area contributed by atoms with Crippen molar-refractivity contribution in [2.45, 2.75) is 6.54 Å². The number of nitrogens with one attached hydrogen (secondary N) is 2. The molecule has 0 fully saturated rings. The van der Waals surface area contributed by atoms with Gasteiger partial charge in [-0.3, -0.25) is 4.79 Å². The summed E-state index contributed by atoms with van der Waals surface area (Å²) < 4.78 is 13.5. The molecular weight excluding hydrogens is 341 g/mol. The zero-order chi connectivity index (χ0) is 17.6. The molecule has 2 aromatic carbocycles. The van der Waals surface area contributed by atoms with E-state index in [1.165, 1.54) is 12.3 Å². The predicted octanol–water partition coefficient (Wildman–Crippen LogP) is 4.55. The molecule has 1 aromatic heterocycles. The molecule has 0 aliphatic heterocycles. The Balaban J connectivity index is 1.60. The second kappa shape index (κ2) is 7.77. The van der Waals surface area contributed by atoms with Gasteiger partial charge in [-0.1, -0.05) is 29.8 Å². The SMILES string of the molecule is O=C(NCc1ccccc1F)c1ccc(Nc2ccc(Cl)cc2)nc1. The van der Waals surface area contributed by atoms with Crippen LogP contribution in [-0.2, 0) is 6.54 Å². The van der Waals surface area contributed by atoms with Crippen LogP contribution in [-0.4, -0.2) is 10.9 Å². The summed E-state index contributed by atoms with van der Waals surface area (Å²) in [6.07, 6.45) is 1.47. The van der Waals surface area contributed by atoms with E-state index in [1.54, 1.807) is 42.5 Å². The molecule has 2 N–H and O–H groups in total. The molecule has 0 saturated carbocycles. The second-order valence-corrected chi connectivity index (χ2v) is 5.77. The van der Waals surface area contributed by atoms with Crippen LogP contribution in [0.3, 0.4) is 0 Å². The van der Waals surface area contributed by atoms with Crippen molar-refractivity contribution >= 4 is 29.0 Å². The first kappa shape index (κ1) is 16.9. The van der Waals surface area contributed by atoms with E-state index in [2.05, 4.69) is 15.6 Å². The van der Waals surface area contributed by atoms with Gasteiger partial charge in [0.05, 0.1) is 5.56 Å². The standard InChI is InChI=1S/C19H15ClFN3O/c20-15-6-8-16(9-7-15)24-18-10-5-14(12-22-18)19(25)23-11-13-3-1-2-4-17(13)21/h1-10,12H,11H2,(H,22,24)(H,23,25). The van der Waals surface area contributed by atoms with Gasteiger partial charge in [-0.15, -0.1) is 0 Å². The fraction of sp³-hybridized carbons (Fsp3) is 0.0526. The topological polar surface area (TPSA) is 54.0 Å². The first-order chi connectivity index (χ1) is 12.1. The lowest BCUT2D eigenvalue weighted by Gasteiger charge is -2.08. The molecule has 0 atom stereocenters. The van der Waals surface area contributed by atoms with Crippen LogP contribution in [0.15, 0.2) is 66.9 Å².